The summed E-state index contributed by atoms with van der Waals surface area (Å²) in [6, 6.07) is 4.39. The molecule has 0 amide bonds. The van der Waals surface area contributed by atoms with E-state index in [1.165, 1.54) is 19.3 Å². The maximum atomic E-state index is 13.6. The predicted octanol–water partition coefficient (Wildman–Crippen LogP) is 2.21. The molecular weight excluding hydrogens is 195 g/mol. The fourth-order valence-corrected chi connectivity index (χ4v) is 1.34. The molecule has 76 valence electrons. The average Bonchev–Trinajstić information content (AvgIpc) is 2.70. The summed E-state index contributed by atoms with van der Waals surface area (Å²) in [6.07, 6.45) is 4.72. The van der Waals surface area contributed by atoms with E-state index in [2.05, 4.69) is 4.98 Å². The van der Waals surface area contributed by atoms with E-state index in [1.807, 2.05) is 0 Å². The molecule has 0 saturated carbocycles. The molecule has 0 aliphatic rings. The van der Waals surface area contributed by atoms with Crippen molar-refractivity contribution in [3.8, 4) is 5.69 Å². The van der Waals surface area contributed by atoms with Crippen molar-refractivity contribution in [2.45, 2.75) is 6.92 Å². The van der Waals surface area contributed by atoms with Gasteiger partial charge in [0.15, 0.2) is 5.78 Å². The summed E-state index contributed by atoms with van der Waals surface area (Å²) in [7, 11) is 0. The Morgan fingerprint density at radius 3 is 2.80 bits per heavy atom. The molecule has 0 atom stereocenters. The molecule has 3 nitrogen and oxygen atoms in total. The molecule has 1 heterocycles. The quantitative estimate of drug-likeness (QED) is 0.703. The van der Waals surface area contributed by atoms with E-state index in [4.69, 9.17) is 0 Å². The van der Waals surface area contributed by atoms with E-state index >= 15 is 0 Å². The number of carbonyl (C=O) groups excluding carboxylic acids is 1. The highest BCUT2D eigenvalue weighted by molar-refractivity contribution is 5.94. The van der Waals surface area contributed by atoms with Gasteiger partial charge in [-0.2, -0.15) is 0 Å². The van der Waals surface area contributed by atoms with Crippen LogP contribution in [-0.2, 0) is 0 Å². The number of Topliss-reactive ketones (excluding diaryl/α,β-unsaturated/α-hetero) is 1. The molecule has 15 heavy (non-hydrogen) atoms. The van der Waals surface area contributed by atoms with E-state index < -0.39 is 5.82 Å². The van der Waals surface area contributed by atoms with Crippen LogP contribution in [0.1, 0.15) is 17.3 Å². The molecule has 1 aromatic carbocycles. The van der Waals surface area contributed by atoms with Gasteiger partial charge in [-0.3, -0.25) is 4.79 Å². The fourth-order valence-electron chi connectivity index (χ4n) is 1.34. The predicted molar refractivity (Wildman–Crippen MR) is 53.5 cm³/mol. The van der Waals surface area contributed by atoms with Crippen LogP contribution in [0.5, 0.6) is 0 Å². The normalized spacial score (nSPS) is 10.3. The third-order valence-electron chi connectivity index (χ3n) is 2.14. The summed E-state index contributed by atoms with van der Waals surface area (Å²) in [5, 5.41) is 0. The van der Waals surface area contributed by atoms with Crippen molar-refractivity contribution in [3.63, 3.8) is 0 Å². The van der Waals surface area contributed by atoms with Crippen LogP contribution in [0.15, 0.2) is 36.9 Å². The minimum Gasteiger partial charge on any atom is -0.303 e. The molecule has 0 bridgehead atoms. The number of hydrogen-bond acceptors (Lipinski definition) is 2. The molecule has 0 fully saturated rings. The van der Waals surface area contributed by atoms with E-state index in [1.54, 1.807) is 29.1 Å². The van der Waals surface area contributed by atoms with Crippen LogP contribution in [0, 0.1) is 5.82 Å². The maximum Gasteiger partial charge on any atom is 0.159 e. The average molecular weight is 204 g/mol. The summed E-state index contributed by atoms with van der Waals surface area (Å²) in [4.78, 5) is 14.8. The number of aromatic nitrogens is 2. The summed E-state index contributed by atoms with van der Waals surface area (Å²) in [5.41, 5.74) is 0.758. The van der Waals surface area contributed by atoms with Crippen molar-refractivity contribution in [3.05, 3.63) is 48.3 Å². The second kappa shape index (κ2) is 3.65. The Hall–Kier alpha value is -1.97. The minimum absolute atomic E-state index is 0.147. The number of carbonyl (C=O) groups is 1. The van der Waals surface area contributed by atoms with E-state index in [9.17, 15) is 9.18 Å². The van der Waals surface area contributed by atoms with Gasteiger partial charge in [0.25, 0.3) is 0 Å². The van der Waals surface area contributed by atoms with Gasteiger partial charge in [-0.05, 0) is 25.1 Å². The summed E-state index contributed by atoms with van der Waals surface area (Å²) < 4.78 is 15.1. The van der Waals surface area contributed by atoms with E-state index in [0.717, 1.165) is 0 Å². The van der Waals surface area contributed by atoms with Crippen LogP contribution in [0.3, 0.4) is 0 Å². The second-order valence-corrected chi connectivity index (χ2v) is 3.19. The molecule has 1 aromatic heterocycles. The SMILES string of the molecule is CC(=O)c1ccc(-n2ccnc2)c(F)c1. The van der Waals surface area contributed by atoms with Crippen molar-refractivity contribution in [2.24, 2.45) is 0 Å². The Balaban J connectivity index is 2.48. The highest BCUT2D eigenvalue weighted by atomic mass is 19.1. The molecule has 0 aliphatic heterocycles. The van der Waals surface area contributed by atoms with Gasteiger partial charge < -0.3 is 4.57 Å². The number of nitrogens with zero attached hydrogens (tertiary/aromatic N) is 2. The zero-order valence-electron chi connectivity index (χ0n) is 8.14. The lowest BCUT2D eigenvalue weighted by molar-refractivity contribution is 0.101. The molecule has 2 aromatic rings. The van der Waals surface area contributed by atoms with Gasteiger partial charge in [0.2, 0.25) is 0 Å². The zero-order chi connectivity index (χ0) is 10.8. The van der Waals surface area contributed by atoms with Crippen LogP contribution < -0.4 is 0 Å². The van der Waals surface area contributed by atoms with Crippen molar-refractivity contribution >= 4 is 5.78 Å². The Morgan fingerprint density at radius 2 is 2.27 bits per heavy atom. The fraction of sp³-hybridized carbons (Fsp3) is 0.0909. The monoisotopic (exact) mass is 204 g/mol. The maximum absolute atomic E-state index is 13.6. The minimum atomic E-state index is -0.430. The van der Waals surface area contributed by atoms with Gasteiger partial charge in [-0.15, -0.1) is 0 Å². The first-order valence-electron chi connectivity index (χ1n) is 4.47. The Kier molecular flexibility index (Phi) is 2.33. The molecule has 4 heteroatoms. The number of rotatable bonds is 2. The number of halogens is 1. The van der Waals surface area contributed by atoms with Crippen molar-refractivity contribution in [1.82, 2.24) is 9.55 Å². The summed E-state index contributed by atoms with van der Waals surface area (Å²) in [6.45, 7) is 1.41. The van der Waals surface area contributed by atoms with Crippen LogP contribution in [0.4, 0.5) is 4.39 Å². The molecule has 0 spiro atoms. The third kappa shape index (κ3) is 1.79. The van der Waals surface area contributed by atoms with Crippen LogP contribution in [0.2, 0.25) is 0 Å². The Morgan fingerprint density at radius 1 is 1.47 bits per heavy atom. The molecule has 0 aliphatic carbocycles. The summed E-state index contributed by atoms with van der Waals surface area (Å²) >= 11 is 0. The first kappa shape index (κ1) is 9.58. The first-order chi connectivity index (χ1) is 7.18. The molecular formula is C11H9FN2O. The largest absolute Gasteiger partial charge is 0.303 e. The van der Waals surface area contributed by atoms with Crippen molar-refractivity contribution in [2.75, 3.05) is 0 Å². The third-order valence-corrected chi connectivity index (χ3v) is 2.14. The lowest BCUT2D eigenvalue weighted by Crippen LogP contribution is -1.98. The van der Waals surface area contributed by atoms with Crippen molar-refractivity contribution < 1.29 is 9.18 Å². The Bertz CT molecular complexity index is 491. The number of benzene rings is 1. The number of hydrogen-bond donors (Lipinski definition) is 0. The lowest BCUT2D eigenvalue weighted by atomic mass is 10.1. The van der Waals surface area contributed by atoms with Gasteiger partial charge in [-0.25, -0.2) is 9.37 Å². The smallest absolute Gasteiger partial charge is 0.159 e. The Labute approximate surface area is 86.2 Å². The van der Waals surface area contributed by atoms with Gasteiger partial charge >= 0.3 is 0 Å². The molecule has 0 N–H and O–H groups in total. The molecule has 2 rings (SSSR count). The topological polar surface area (TPSA) is 34.9 Å². The molecule has 0 saturated heterocycles. The second-order valence-electron chi connectivity index (χ2n) is 3.19. The highest BCUT2D eigenvalue weighted by Crippen LogP contribution is 2.15. The van der Waals surface area contributed by atoms with Gasteiger partial charge in [0, 0.05) is 18.0 Å². The lowest BCUT2D eigenvalue weighted by Gasteiger charge is -2.04. The van der Waals surface area contributed by atoms with Crippen LogP contribution in [-0.4, -0.2) is 15.3 Å². The molecule has 0 unspecified atom stereocenters. The van der Waals surface area contributed by atoms with Crippen molar-refractivity contribution in [1.29, 1.82) is 0 Å². The standard InChI is InChI=1S/C11H9FN2O/c1-8(15)9-2-3-11(10(12)6-9)14-5-4-13-7-14/h2-7H,1H3. The van der Waals surface area contributed by atoms with Gasteiger partial charge in [-0.1, -0.05) is 0 Å². The summed E-state index contributed by atoms with van der Waals surface area (Å²) in [5.74, 6) is -0.577. The highest BCUT2D eigenvalue weighted by Gasteiger charge is 2.07. The van der Waals surface area contributed by atoms with Crippen LogP contribution in [0.25, 0.3) is 5.69 Å². The zero-order valence-corrected chi connectivity index (χ0v) is 8.14. The number of imidazole rings is 1. The molecule has 0 radical (unpaired) electrons. The van der Waals surface area contributed by atoms with Crippen LogP contribution >= 0.6 is 0 Å². The van der Waals surface area contributed by atoms with Gasteiger partial charge in [0.1, 0.15) is 5.82 Å². The number of ketones is 1. The first-order valence-corrected chi connectivity index (χ1v) is 4.47. The van der Waals surface area contributed by atoms with E-state index in [-0.39, 0.29) is 5.78 Å². The van der Waals surface area contributed by atoms with E-state index in [0.29, 0.717) is 11.3 Å². The van der Waals surface area contributed by atoms with Gasteiger partial charge in [0.05, 0.1) is 12.0 Å².